The number of sulfonamides is 1. The normalized spacial score (nSPS) is 20.7. The fraction of sp³-hybridized carbons (Fsp3) is 0.545. The van der Waals surface area contributed by atoms with Crippen LogP contribution in [0.2, 0.25) is 0 Å². The Morgan fingerprint density at radius 3 is 2.89 bits per heavy atom. The highest BCUT2D eigenvalue weighted by Gasteiger charge is 2.27. The van der Waals surface area contributed by atoms with Crippen LogP contribution in [0.15, 0.2) is 12.4 Å². The second-order valence-electron chi connectivity index (χ2n) is 4.32. The highest BCUT2D eigenvalue weighted by Crippen LogP contribution is 2.19. The summed E-state index contributed by atoms with van der Waals surface area (Å²) >= 11 is 0. The summed E-state index contributed by atoms with van der Waals surface area (Å²) < 4.78 is 30.0. The fourth-order valence-electron chi connectivity index (χ4n) is 1.95. The van der Waals surface area contributed by atoms with Crippen molar-refractivity contribution >= 4 is 10.0 Å². The molecular weight excluding hydrogens is 268 g/mol. The Morgan fingerprint density at radius 1 is 1.47 bits per heavy atom. The first-order valence-corrected chi connectivity index (χ1v) is 7.68. The van der Waals surface area contributed by atoms with Gasteiger partial charge in [-0.05, 0) is 12.8 Å². The number of aromatic nitrogens is 2. The molecule has 0 unspecified atom stereocenters. The van der Waals surface area contributed by atoms with Gasteiger partial charge in [-0.2, -0.15) is 9.57 Å². The zero-order valence-corrected chi connectivity index (χ0v) is 11.3. The lowest BCUT2D eigenvalue weighted by atomic mass is 10.1. The Labute approximate surface area is 111 Å². The van der Waals surface area contributed by atoms with Gasteiger partial charge in [0.15, 0.2) is 0 Å². The summed E-state index contributed by atoms with van der Waals surface area (Å²) in [5.41, 5.74) is 0.110. The minimum absolute atomic E-state index is 0.110. The van der Waals surface area contributed by atoms with E-state index >= 15 is 0 Å². The largest absolute Gasteiger partial charge is 0.471 e. The number of nitrogens with zero attached hydrogens (tertiary/aromatic N) is 4. The standard InChI is InChI=1S/C11H14N4O3S/c1-19(16,17)15-6-2-3-9(8-15)18-11-10(7-12)13-4-5-14-11/h4-5,9H,2-3,6,8H2,1H3/t9-/m1/s1. The molecular formula is C11H14N4O3S. The zero-order chi connectivity index (χ0) is 13.9. The average molecular weight is 282 g/mol. The average Bonchev–Trinajstić information content (AvgIpc) is 2.39. The van der Waals surface area contributed by atoms with E-state index < -0.39 is 10.0 Å². The van der Waals surface area contributed by atoms with Crippen LogP contribution < -0.4 is 4.74 Å². The number of piperidine rings is 1. The summed E-state index contributed by atoms with van der Waals surface area (Å²) in [4.78, 5) is 7.81. The molecule has 0 spiro atoms. The van der Waals surface area contributed by atoms with Gasteiger partial charge in [-0.15, -0.1) is 0 Å². The fourth-order valence-corrected chi connectivity index (χ4v) is 2.85. The van der Waals surface area contributed by atoms with Gasteiger partial charge >= 0.3 is 0 Å². The van der Waals surface area contributed by atoms with E-state index in [9.17, 15) is 8.42 Å². The van der Waals surface area contributed by atoms with Crippen molar-refractivity contribution in [2.75, 3.05) is 19.3 Å². The van der Waals surface area contributed by atoms with Crippen molar-refractivity contribution < 1.29 is 13.2 Å². The number of hydrogen-bond donors (Lipinski definition) is 0. The van der Waals surface area contributed by atoms with Gasteiger partial charge in [0.2, 0.25) is 15.7 Å². The molecule has 1 aliphatic rings. The zero-order valence-electron chi connectivity index (χ0n) is 10.5. The number of hydrogen-bond acceptors (Lipinski definition) is 6. The highest BCUT2D eigenvalue weighted by atomic mass is 32.2. The first-order chi connectivity index (χ1) is 9.00. The van der Waals surface area contributed by atoms with Gasteiger partial charge in [-0.1, -0.05) is 0 Å². The third kappa shape index (κ3) is 3.39. The lowest BCUT2D eigenvalue weighted by molar-refractivity contribution is 0.124. The van der Waals surface area contributed by atoms with Crippen molar-refractivity contribution in [3.8, 4) is 11.9 Å². The van der Waals surface area contributed by atoms with Crippen molar-refractivity contribution in [3.63, 3.8) is 0 Å². The molecule has 0 aliphatic carbocycles. The molecule has 1 aliphatic heterocycles. The Morgan fingerprint density at radius 2 is 2.21 bits per heavy atom. The second-order valence-corrected chi connectivity index (χ2v) is 6.31. The predicted molar refractivity (Wildman–Crippen MR) is 66.8 cm³/mol. The van der Waals surface area contributed by atoms with Crippen LogP contribution >= 0.6 is 0 Å². The molecule has 1 saturated heterocycles. The van der Waals surface area contributed by atoms with E-state index in [1.54, 1.807) is 0 Å². The van der Waals surface area contributed by atoms with Crippen molar-refractivity contribution in [3.05, 3.63) is 18.1 Å². The Hall–Kier alpha value is -1.72. The molecule has 2 heterocycles. The Kier molecular flexibility index (Phi) is 3.97. The summed E-state index contributed by atoms with van der Waals surface area (Å²) in [6, 6.07) is 1.90. The van der Waals surface area contributed by atoms with Crippen LogP contribution in [-0.4, -0.2) is 48.1 Å². The quantitative estimate of drug-likeness (QED) is 0.783. The van der Waals surface area contributed by atoms with Crippen LogP contribution in [0.25, 0.3) is 0 Å². The third-order valence-corrected chi connectivity index (χ3v) is 4.13. The van der Waals surface area contributed by atoms with Crippen LogP contribution in [0, 0.1) is 11.3 Å². The highest BCUT2D eigenvalue weighted by molar-refractivity contribution is 7.88. The molecule has 0 N–H and O–H groups in total. The Bertz CT molecular complexity index is 596. The smallest absolute Gasteiger partial charge is 0.251 e. The summed E-state index contributed by atoms with van der Waals surface area (Å²) in [5, 5.41) is 8.89. The van der Waals surface area contributed by atoms with Crippen LogP contribution in [0.5, 0.6) is 5.88 Å². The maximum atomic E-state index is 11.5. The van der Waals surface area contributed by atoms with Crippen LogP contribution in [0.1, 0.15) is 18.5 Å². The van der Waals surface area contributed by atoms with Gasteiger partial charge in [0.1, 0.15) is 12.2 Å². The molecule has 8 heteroatoms. The van der Waals surface area contributed by atoms with Gasteiger partial charge in [-0.3, -0.25) is 0 Å². The first kappa shape index (κ1) is 13.7. The Balaban J connectivity index is 2.09. The van der Waals surface area contributed by atoms with Crippen LogP contribution in [0.4, 0.5) is 0 Å². The van der Waals surface area contributed by atoms with Crippen molar-refractivity contribution in [1.29, 1.82) is 5.26 Å². The van der Waals surface area contributed by atoms with E-state index in [2.05, 4.69) is 9.97 Å². The van der Waals surface area contributed by atoms with Crippen molar-refractivity contribution in [2.24, 2.45) is 0 Å². The molecule has 102 valence electrons. The van der Waals surface area contributed by atoms with Gasteiger partial charge in [-0.25, -0.2) is 18.4 Å². The van der Waals surface area contributed by atoms with E-state index in [0.717, 1.165) is 12.8 Å². The molecule has 1 atom stereocenters. The number of ether oxygens (including phenoxy) is 1. The SMILES string of the molecule is CS(=O)(=O)N1CCC[C@@H](Oc2nccnc2C#N)C1. The maximum absolute atomic E-state index is 11.5. The number of rotatable bonds is 3. The summed E-state index contributed by atoms with van der Waals surface area (Å²) in [7, 11) is -3.21. The molecule has 0 saturated carbocycles. The van der Waals surface area contributed by atoms with Gasteiger partial charge in [0.25, 0.3) is 5.88 Å². The monoisotopic (exact) mass is 282 g/mol. The van der Waals surface area contributed by atoms with Gasteiger partial charge in [0, 0.05) is 18.9 Å². The minimum Gasteiger partial charge on any atom is -0.471 e. The molecule has 19 heavy (non-hydrogen) atoms. The molecule has 1 aromatic rings. The van der Waals surface area contributed by atoms with Crippen molar-refractivity contribution in [2.45, 2.75) is 18.9 Å². The molecule has 7 nitrogen and oxygen atoms in total. The first-order valence-electron chi connectivity index (χ1n) is 5.83. The molecule has 0 amide bonds. The molecule has 0 bridgehead atoms. The number of nitriles is 1. The van der Waals surface area contributed by atoms with E-state index in [1.807, 2.05) is 6.07 Å². The van der Waals surface area contributed by atoms with Gasteiger partial charge < -0.3 is 4.74 Å². The molecule has 0 aromatic carbocycles. The summed E-state index contributed by atoms with van der Waals surface area (Å²) in [5.74, 6) is 0.158. The van der Waals surface area contributed by atoms with Crippen LogP contribution in [0.3, 0.4) is 0 Å². The predicted octanol–water partition coefficient (Wildman–Crippen LogP) is 0.151. The van der Waals surface area contributed by atoms with E-state index in [1.165, 1.54) is 23.0 Å². The third-order valence-electron chi connectivity index (χ3n) is 2.86. The summed E-state index contributed by atoms with van der Waals surface area (Å²) in [6.07, 6.45) is 5.18. The van der Waals surface area contributed by atoms with E-state index in [4.69, 9.17) is 10.00 Å². The van der Waals surface area contributed by atoms with Crippen molar-refractivity contribution in [1.82, 2.24) is 14.3 Å². The lowest BCUT2D eigenvalue weighted by Gasteiger charge is -2.30. The lowest BCUT2D eigenvalue weighted by Crippen LogP contribution is -2.44. The second kappa shape index (κ2) is 5.50. The molecule has 1 aromatic heterocycles. The topological polar surface area (TPSA) is 96.2 Å². The molecule has 1 fully saturated rings. The van der Waals surface area contributed by atoms with E-state index in [0.29, 0.717) is 6.54 Å². The van der Waals surface area contributed by atoms with E-state index in [-0.39, 0.29) is 24.2 Å². The molecule has 2 rings (SSSR count). The van der Waals surface area contributed by atoms with Crippen LogP contribution in [-0.2, 0) is 10.0 Å². The molecule has 0 radical (unpaired) electrons. The minimum atomic E-state index is -3.21. The summed E-state index contributed by atoms with van der Waals surface area (Å²) in [6.45, 7) is 0.782. The van der Waals surface area contributed by atoms with Gasteiger partial charge in [0.05, 0.1) is 12.8 Å². The maximum Gasteiger partial charge on any atom is 0.251 e.